The Hall–Kier alpha value is -0.530. The molecule has 1 aromatic carbocycles. The smallest absolute Gasteiger partial charge is 0.171 e. The highest BCUT2D eigenvalue weighted by Crippen LogP contribution is 2.31. The number of aldehydes is 1. The number of halogens is 1. The van der Waals surface area contributed by atoms with Crippen LogP contribution in [0.4, 0.5) is 5.69 Å². The van der Waals surface area contributed by atoms with Crippen LogP contribution in [-0.2, 0) is 9.84 Å². The Morgan fingerprint density at radius 3 is 2.90 bits per heavy atom. The maximum Gasteiger partial charge on any atom is 0.171 e. The van der Waals surface area contributed by atoms with E-state index in [1.54, 1.807) is 24.8 Å². The van der Waals surface area contributed by atoms with Gasteiger partial charge in [0.1, 0.15) is 5.37 Å². The van der Waals surface area contributed by atoms with Crippen molar-refractivity contribution in [1.82, 2.24) is 0 Å². The average molecular weight is 378 g/mol. The summed E-state index contributed by atoms with van der Waals surface area (Å²) in [7, 11) is -3.18. The summed E-state index contributed by atoms with van der Waals surface area (Å²) in [5, 5.41) is -0.550. The van der Waals surface area contributed by atoms with E-state index in [4.69, 9.17) is 0 Å². The number of benzene rings is 1. The fraction of sp³-hybridized carbons (Fsp3) is 0.462. The topological polar surface area (TPSA) is 54.5 Å². The summed E-state index contributed by atoms with van der Waals surface area (Å²) in [5.41, 5.74) is 1.22. The molecule has 0 saturated carbocycles. The van der Waals surface area contributed by atoms with Crippen molar-refractivity contribution in [3.8, 4) is 0 Å². The Labute approximate surface area is 132 Å². The van der Waals surface area contributed by atoms with Gasteiger partial charge in [0.15, 0.2) is 16.1 Å². The van der Waals surface area contributed by atoms with Gasteiger partial charge in [-0.1, -0.05) is 22.9 Å². The van der Waals surface area contributed by atoms with Crippen molar-refractivity contribution in [2.24, 2.45) is 0 Å². The van der Waals surface area contributed by atoms with E-state index in [0.717, 1.165) is 16.5 Å². The molecule has 4 nitrogen and oxygen atoms in total. The molecule has 1 aromatic rings. The van der Waals surface area contributed by atoms with E-state index in [1.165, 1.54) is 0 Å². The van der Waals surface area contributed by atoms with Crippen molar-refractivity contribution in [2.75, 3.05) is 28.7 Å². The highest BCUT2D eigenvalue weighted by molar-refractivity contribution is 9.10. The van der Waals surface area contributed by atoms with Gasteiger partial charge in [0, 0.05) is 39.5 Å². The van der Waals surface area contributed by atoms with Crippen LogP contribution in [0.1, 0.15) is 17.3 Å². The van der Waals surface area contributed by atoms with Gasteiger partial charge >= 0.3 is 0 Å². The lowest BCUT2D eigenvalue weighted by atomic mass is 10.1. The zero-order valence-corrected chi connectivity index (χ0v) is 14.3. The number of hydrogen-bond acceptors (Lipinski definition) is 5. The minimum absolute atomic E-state index is 0.113. The Bertz CT molecular complexity index is 604. The molecule has 1 atom stereocenters. The first-order chi connectivity index (χ1) is 9.49. The van der Waals surface area contributed by atoms with Gasteiger partial charge in [-0.25, -0.2) is 8.42 Å². The highest BCUT2D eigenvalue weighted by atomic mass is 79.9. The number of nitrogens with zero attached hydrogens (tertiary/aromatic N) is 1. The Morgan fingerprint density at radius 1 is 1.50 bits per heavy atom. The van der Waals surface area contributed by atoms with Crippen molar-refractivity contribution in [1.29, 1.82) is 0 Å². The number of hydrogen-bond donors (Lipinski definition) is 0. The number of sulfone groups is 1. The third-order valence-corrected chi connectivity index (χ3v) is 7.11. The Balaban J connectivity index is 2.45. The largest absolute Gasteiger partial charge is 0.353 e. The Kier molecular flexibility index (Phi) is 5.14. The number of carbonyl (C=O) groups excluding carboxylic acids is 1. The van der Waals surface area contributed by atoms with Crippen molar-refractivity contribution >= 4 is 49.5 Å². The third-order valence-electron chi connectivity index (χ3n) is 3.33. The molecule has 20 heavy (non-hydrogen) atoms. The summed E-state index contributed by atoms with van der Waals surface area (Å²) in [4.78, 5) is 13.1. The molecular formula is C13H16BrNO3S2. The van der Waals surface area contributed by atoms with Gasteiger partial charge in [-0.15, -0.1) is 0 Å². The van der Waals surface area contributed by atoms with Crippen molar-refractivity contribution in [3.63, 3.8) is 0 Å². The van der Waals surface area contributed by atoms with Crippen molar-refractivity contribution < 1.29 is 13.2 Å². The molecule has 0 spiro atoms. The molecule has 0 bridgehead atoms. The van der Waals surface area contributed by atoms with Gasteiger partial charge in [-0.2, -0.15) is 11.8 Å². The summed E-state index contributed by atoms with van der Waals surface area (Å²) in [6.07, 6.45) is 0.775. The molecule has 0 aliphatic carbocycles. The molecule has 1 aliphatic rings. The SMILES string of the molecule is CCS(=O)(=O)C1CSCCN1c1ccc(Br)cc1C=O. The number of carbonyl (C=O) groups is 1. The van der Waals surface area contributed by atoms with Crippen LogP contribution in [0.3, 0.4) is 0 Å². The molecule has 1 aliphatic heterocycles. The van der Waals surface area contributed by atoms with Crippen molar-refractivity contribution in [2.45, 2.75) is 12.3 Å². The first kappa shape index (κ1) is 15.9. The van der Waals surface area contributed by atoms with Gasteiger partial charge in [-0.3, -0.25) is 4.79 Å². The summed E-state index contributed by atoms with van der Waals surface area (Å²) in [6, 6.07) is 5.36. The predicted molar refractivity (Wildman–Crippen MR) is 87.4 cm³/mol. The van der Waals surface area contributed by atoms with Gasteiger partial charge < -0.3 is 4.90 Å². The van der Waals surface area contributed by atoms with E-state index in [1.807, 2.05) is 17.0 Å². The van der Waals surface area contributed by atoms with Crippen LogP contribution in [0.2, 0.25) is 0 Å². The van der Waals surface area contributed by atoms with Crippen LogP contribution in [0.15, 0.2) is 22.7 Å². The lowest BCUT2D eigenvalue weighted by molar-refractivity contribution is 0.112. The second-order valence-electron chi connectivity index (χ2n) is 4.50. The average Bonchev–Trinajstić information content (AvgIpc) is 2.47. The van der Waals surface area contributed by atoms with Gasteiger partial charge in [0.25, 0.3) is 0 Å². The van der Waals surface area contributed by atoms with E-state index in [0.29, 0.717) is 23.5 Å². The van der Waals surface area contributed by atoms with Crippen LogP contribution >= 0.6 is 27.7 Å². The van der Waals surface area contributed by atoms with Crippen LogP contribution in [0.5, 0.6) is 0 Å². The molecule has 1 fully saturated rings. The fourth-order valence-corrected chi connectivity index (χ4v) is 5.59. The van der Waals surface area contributed by atoms with E-state index in [9.17, 15) is 13.2 Å². The summed E-state index contributed by atoms with van der Waals surface area (Å²) in [6.45, 7) is 2.30. The molecule has 7 heteroatoms. The van der Waals surface area contributed by atoms with Gasteiger partial charge in [-0.05, 0) is 18.2 Å². The monoisotopic (exact) mass is 377 g/mol. The van der Waals surface area contributed by atoms with E-state index >= 15 is 0 Å². The number of rotatable bonds is 4. The number of anilines is 1. The summed E-state index contributed by atoms with van der Waals surface area (Å²) >= 11 is 4.97. The summed E-state index contributed by atoms with van der Waals surface area (Å²) < 4.78 is 25.3. The fourth-order valence-electron chi connectivity index (χ4n) is 2.23. The molecule has 2 rings (SSSR count). The molecule has 0 radical (unpaired) electrons. The molecule has 110 valence electrons. The van der Waals surface area contributed by atoms with Crippen molar-refractivity contribution in [3.05, 3.63) is 28.2 Å². The molecule has 1 heterocycles. The standard InChI is InChI=1S/C13H16BrNO3S2/c1-2-20(17,18)13-9-19-6-5-15(13)12-4-3-11(14)7-10(12)8-16/h3-4,7-8,13H,2,5-6,9H2,1H3. The normalized spacial score (nSPS) is 19.9. The van der Waals surface area contributed by atoms with Crippen LogP contribution in [0.25, 0.3) is 0 Å². The zero-order valence-electron chi connectivity index (χ0n) is 11.1. The molecular weight excluding hydrogens is 362 g/mol. The van der Waals surface area contributed by atoms with Gasteiger partial charge in [0.05, 0.1) is 0 Å². The van der Waals surface area contributed by atoms with E-state index < -0.39 is 15.2 Å². The van der Waals surface area contributed by atoms with Crippen LogP contribution in [-0.4, -0.2) is 43.9 Å². The lowest BCUT2D eigenvalue weighted by Crippen LogP contribution is -2.48. The maximum atomic E-state index is 12.3. The summed E-state index contributed by atoms with van der Waals surface area (Å²) in [5.74, 6) is 1.52. The highest BCUT2D eigenvalue weighted by Gasteiger charge is 2.33. The molecule has 0 aromatic heterocycles. The van der Waals surface area contributed by atoms with Gasteiger partial charge in [0.2, 0.25) is 0 Å². The second-order valence-corrected chi connectivity index (χ2v) is 9.01. The van der Waals surface area contributed by atoms with Crippen LogP contribution in [0, 0.1) is 0 Å². The van der Waals surface area contributed by atoms with E-state index in [2.05, 4.69) is 15.9 Å². The number of thioether (sulfide) groups is 1. The quantitative estimate of drug-likeness (QED) is 0.754. The molecule has 1 unspecified atom stereocenters. The second kappa shape index (κ2) is 6.49. The molecule has 0 N–H and O–H groups in total. The zero-order chi connectivity index (χ0) is 14.8. The van der Waals surface area contributed by atoms with Crippen LogP contribution < -0.4 is 4.90 Å². The minimum Gasteiger partial charge on any atom is -0.353 e. The van der Waals surface area contributed by atoms with E-state index in [-0.39, 0.29) is 5.75 Å². The maximum absolute atomic E-state index is 12.3. The third kappa shape index (κ3) is 3.20. The minimum atomic E-state index is -3.18. The Morgan fingerprint density at radius 2 is 2.25 bits per heavy atom. The first-order valence-electron chi connectivity index (χ1n) is 6.30. The first-order valence-corrected chi connectivity index (χ1v) is 9.96. The molecule has 1 saturated heterocycles. The molecule has 0 amide bonds. The predicted octanol–water partition coefficient (Wildman–Crippen LogP) is 2.58. The lowest BCUT2D eigenvalue weighted by Gasteiger charge is -2.37.